The predicted molar refractivity (Wildman–Crippen MR) is 83.1 cm³/mol. The molecule has 0 aliphatic heterocycles. The molecule has 0 unspecified atom stereocenters. The molecule has 0 aromatic heterocycles. The summed E-state index contributed by atoms with van der Waals surface area (Å²) in [6.07, 6.45) is 3.18. The summed E-state index contributed by atoms with van der Waals surface area (Å²) in [4.78, 5) is 13.7. The maximum atomic E-state index is 12.1. The summed E-state index contributed by atoms with van der Waals surface area (Å²) in [5.41, 5.74) is 2.40. The third kappa shape index (κ3) is 4.05. The first-order valence-corrected chi connectivity index (χ1v) is 6.67. The quantitative estimate of drug-likeness (QED) is 0.805. The van der Waals surface area contributed by atoms with Gasteiger partial charge in [0, 0.05) is 19.7 Å². The Bertz CT molecular complexity index is 684. The first-order chi connectivity index (χ1) is 10.2. The maximum absolute atomic E-state index is 12.1. The van der Waals surface area contributed by atoms with E-state index in [1.807, 2.05) is 42.5 Å². The van der Waals surface area contributed by atoms with Gasteiger partial charge in [-0.15, -0.1) is 0 Å². The Hall–Kier alpha value is -2.86. The summed E-state index contributed by atoms with van der Waals surface area (Å²) in [6.45, 7) is 0.559. The van der Waals surface area contributed by atoms with Crippen molar-refractivity contribution in [1.29, 1.82) is 5.26 Å². The fraction of sp³-hybridized carbons (Fsp3) is 0.111. The summed E-state index contributed by atoms with van der Waals surface area (Å²) in [5, 5.41) is 9.01. The van der Waals surface area contributed by atoms with Gasteiger partial charge in [0.2, 0.25) is 5.91 Å². The highest BCUT2D eigenvalue weighted by Gasteiger charge is 2.05. The van der Waals surface area contributed by atoms with E-state index in [2.05, 4.69) is 6.07 Å². The van der Waals surface area contributed by atoms with Crippen LogP contribution in [-0.2, 0) is 11.3 Å². The van der Waals surface area contributed by atoms with E-state index in [0.29, 0.717) is 12.1 Å². The van der Waals surface area contributed by atoms with E-state index in [1.54, 1.807) is 30.2 Å². The molecule has 0 fully saturated rings. The van der Waals surface area contributed by atoms with Gasteiger partial charge in [0.15, 0.2) is 0 Å². The van der Waals surface area contributed by atoms with Crippen molar-refractivity contribution >= 4 is 12.0 Å². The van der Waals surface area contributed by atoms with Crippen LogP contribution in [0.4, 0.5) is 0 Å². The number of benzene rings is 2. The highest BCUT2D eigenvalue weighted by Crippen LogP contribution is 2.10. The van der Waals surface area contributed by atoms with E-state index in [4.69, 9.17) is 5.26 Å². The summed E-state index contributed by atoms with van der Waals surface area (Å²) < 4.78 is 0. The molecule has 21 heavy (non-hydrogen) atoms. The smallest absolute Gasteiger partial charge is 0.246 e. The second kappa shape index (κ2) is 7.06. The standard InChI is InChI=1S/C18H16N2O/c1-20(14-15-7-3-2-4-8-15)18(21)12-11-16-9-5-6-10-17(16)13-19/h2-12H,14H2,1H3/b12-11+. The molecule has 2 rings (SSSR count). The van der Waals surface area contributed by atoms with Crippen LogP contribution in [0.15, 0.2) is 60.7 Å². The van der Waals surface area contributed by atoms with Crippen LogP contribution < -0.4 is 0 Å². The van der Waals surface area contributed by atoms with Crippen LogP contribution in [0.3, 0.4) is 0 Å². The summed E-state index contributed by atoms with van der Waals surface area (Å²) >= 11 is 0. The number of amides is 1. The molecule has 0 aliphatic rings. The maximum Gasteiger partial charge on any atom is 0.246 e. The average Bonchev–Trinajstić information content (AvgIpc) is 2.53. The Morgan fingerprint density at radius 2 is 1.81 bits per heavy atom. The fourth-order valence-electron chi connectivity index (χ4n) is 1.97. The van der Waals surface area contributed by atoms with Crippen LogP contribution in [0.1, 0.15) is 16.7 Å². The summed E-state index contributed by atoms with van der Waals surface area (Å²) in [7, 11) is 1.76. The second-order valence-corrected chi connectivity index (χ2v) is 4.71. The molecule has 0 saturated heterocycles. The first-order valence-electron chi connectivity index (χ1n) is 6.67. The fourth-order valence-corrected chi connectivity index (χ4v) is 1.97. The highest BCUT2D eigenvalue weighted by molar-refractivity contribution is 5.91. The van der Waals surface area contributed by atoms with Gasteiger partial charge in [-0.2, -0.15) is 5.26 Å². The lowest BCUT2D eigenvalue weighted by Gasteiger charge is -2.15. The molecule has 1 amide bonds. The van der Waals surface area contributed by atoms with Crippen LogP contribution >= 0.6 is 0 Å². The largest absolute Gasteiger partial charge is 0.338 e. The van der Waals surface area contributed by atoms with Gasteiger partial charge < -0.3 is 4.90 Å². The van der Waals surface area contributed by atoms with Gasteiger partial charge in [-0.05, 0) is 23.3 Å². The molecule has 0 aliphatic carbocycles. The van der Waals surface area contributed by atoms with Crippen molar-refractivity contribution in [3.8, 4) is 6.07 Å². The van der Waals surface area contributed by atoms with E-state index in [9.17, 15) is 4.79 Å². The number of nitrogens with zero attached hydrogens (tertiary/aromatic N) is 2. The number of likely N-dealkylation sites (N-methyl/N-ethyl adjacent to an activating group) is 1. The molecule has 0 bridgehead atoms. The minimum atomic E-state index is -0.0911. The summed E-state index contributed by atoms with van der Waals surface area (Å²) in [6, 6.07) is 19.1. The van der Waals surface area contributed by atoms with Crippen molar-refractivity contribution in [2.24, 2.45) is 0 Å². The van der Waals surface area contributed by atoms with E-state index < -0.39 is 0 Å². The average molecular weight is 276 g/mol. The molecule has 3 nitrogen and oxygen atoms in total. The van der Waals surface area contributed by atoms with E-state index >= 15 is 0 Å². The highest BCUT2D eigenvalue weighted by atomic mass is 16.2. The Morgan fingerprint density at radius 3 is 2.52 bits per heavy atom. The molecule has 0 N–H and O–H groups in total. The van der Waals surface area contributed by atoms with Crippen LogP contribution in [0.5, 0.6) is 0 Å². The molecule has 104 valence electrons. The zero-order valence-corrected chi connectivity index (χ0v) is 11.9. The number of hydrogen-bond donors (Lipinski definition) is 0. The third-order valence-corrected chi connectivity index (χ3v) is 3.13. The molecule has 0 radical (unpaired) electrons. The first kappa shape index (κ1) is 14.5. The van der Waals surface area contributed by atoms with Crippen molar-refractivity contribution in [1.82, 2.24) is 4.90 Å². The van der Waals surface area contributed by atoms with E-state index in [-0.39, 0.29) is 5.91 Å². The third-order valence-electron chi connectivity index (χ3n) is 3.13. The molecule has 0 saturated carbocycles. The van der Waals surface area contributed by atoms with Gasteiger partial charge in [-0.3, -0.25) is 4.79 Å². The van der Waals surface area contributed by atoms with Crippen LogP contribution in [0.25, 0.3) is 6.08 Å². The number of nitriles is 1. The number of rotatable bonds is 4. The zero-order valence-electron chi connectivity index (χ0n) is 11.9. The van der Waals surface area contributed by atoms with Gasteiger partial charge >= 0.3 is 0 Å². The minimum Gasteiger partial charge on any atom is -0.338 e. The monoisotopic (exact) mass is 276 g/mol. The van der Waals surface area contributed by atoms with Gasteiger partial charge in [0.25, 0.3) is 0 Å². The zero-order chi connectivity index (χ0) is 15.1. The van der Waals surface area contributed by atoms with Gasteiger partial charge in [0.05, 0.1) is 11.6 Å². The molecule has 2 aromatic rings. The molecular weight excluding hydrogens is 260 g/mol. The van der Waals surface area contributed by atoms with Gasteiger partial charge in [0.1, 0.15) is 0 Å². The Morgan fingerprint density at radius 1 is 1.14 bits per heavy atom. The molecule has 0 heterocycles. The van der Waals surface area contributed by atoms with Gasteiger partial charge in [-0.1, -0.05) is 48.5 Å². The molecular formula is C18H16N2O. The lowest BCUT2D eigenvalue weighted by molar-refractivity contribution is -0.125. The second-order valence-electron chi connectivity index (χ2n) is 4.71. The number of carbonyl (C=O) groups excluding carboxylic acids is 1. The Kier molecular flexibility index (Phi) is 4.89. The van der Waals surface area contributed by atoms with Gasteiger partial charge in [-0.25, -0.2) is 0 Å². The van der Waals surface area contributed by atoms with Crippen molar-refractivity contribution in [2.45, 2.75) is 6.54 Å². The van der Waals surface area contributed by atoms with E-state index in [1.165, 1.54) is 6.08 Å². The number of carbonyl (C=O) groups is 1. The SMILES string of the molecule is CN(Cc1ccccc1)C(=O)/C=C/c1ccccc1C#N. The van der Waals surface area contributed by atoms with Crippen molar-refractivity contribution < 1.29 is 4.79 Å². The van der Waals surface area contributed by atoms with Crippen LogP contribution in [-0.4, -0.2) is 17.9 Å². The van der Waals surface area contributed by atoms with Crippen molar-refractivity contribution in [2.75, 3.05) is 7.05 Å². The lowest BCUT2D eigenvalue weighted by Crippen LogP contribution is -2.24. The van der Waals surface area contributed by atoms with Crippen molar-refractivity contribution in [3.63, 3.8) is 0 Å². The molecule has 0 spiro atoms. The van der Waals surface area contributed by atoms with E-state index in [0.717, 1.165) is 11.1 Å². The molecule has 2 aromatic carbocycles. The van der Waals surface area contributed by atoms with Crippen LogP contribution in [0, 0.1) is 11.3 Å². The molecule has 0 atom stereocenters. The topological polar surface area (TPSA) is 44.1 Å². The lowest BCUT2D eigenvalue weighted by atomic mass is 10.1. The Balaban J connectivity index is 2.04. The predicted octanol–water partition coefficient (Wildman–Crippen LogP) is 3.23. The molecule has 3 heteroatoms. The number of hydrogen-bond acceptors (Lipinski definition) is 2. The minimum absolute atomic E-state index is 0.0911. The van der Waals surface area contributed by atoms with Crippen LogP contribution in [0.2, 0.25) is 0 Å². The van der Waals surface area contributed by atoms with Crippen molar-refractivity contribution in [3.05, 3.63) is 77.4 Å². The normalized spacial score (nSPS) is 10.3. The summed E-state index contributed by atoms with van der Waals surface area (Å²) in [5.74, 6) is -0.0911. The Labute approximate surface area is 124 Å².